The largest absolute Gasteiger partial charge is 0.490 e. The van der Waals surface area contributed by atoms with Gasteiger partial charge >= 0.3 is 5.69 Å². The van der Waals surface area contributed by atoms with Crippen molar-refractivity contribution in [2.24, 2.45) is 0 Å². The van der Waals surface area contributed by atoms with Crippen molar-refractivity contribution in [3.05, 3.63) is 104 Å². The number of aromatic nitrogens is 1. The van der Waals surface area contributed by atoms with Crippen LogP contribution in [0.1, 0.15) is 32.0 Å². The van der Waals surface area contributed by atoms with Gasteiger partial charge in [-0.25, -0.2) is 0 Å². The molecule has 166 valence electrons. The summed E-state index contributed by atoms with van der Waals surface area (Å²) in [6.45, 7) is 1.74. The molecule has 4 aromatic rings. The Hall–Kier alpha value is -4.17. The van der Waals surface area contributed by atoms with Crippen LogP contribution in [-0.2, 0) is 0 Å². The lowest BCUT2D eigenvalue weighted by Gasteiger charge is -2.07. The van der Waals surface area contributed by atoms with Crippen LogP contribution in [0.3, 0.4) is 0 Å². The number of nitrogens with one attached hydrogen (secondary N) is 1. The van der Waals surface area contributed by atoms with Crippen LogP contribution in [0.15, 0.2) is 66.9 Å². The van der Waals surface area contributed by atoms with Gasteiger partial charge in [0.1, 0.15) is 0 Å². The SMILES string of the molecule is COc1cc(C(=O)c2c(C)c(NC(=O)c3ccc(Cl)cc3)c3ccccn23)ccc1[N+](=O)[O-]. The number of hydrogen-bond donors (Lipinski definition) is 1. The van der Waals surface area contributed by atoms with E-state index in [0.29, 0.717) is 33.0 Å². The molecule has 0 aliphatic carbocycles. The Labute approximate surface area is 193 Å². The first kappa shape index (κ1) is 22.0. The minimum absolute atomic E-state index is 0.0133. The molecule has 2 aromatic heterocycles. The number of rotatable bonds is 6. The molecular formula is C24H18ClN3O5. The Morgan fingerprint density at radius 2 is 1.76 bits per heavy atom. The maximum absolute atomic E-state index is 13.5. The van der Waals surface area contributed by atoms with Gasteiger partial charge in [-0.05, 0) is 55.5 Å². The monoisotopic (exact) mass is 463 g/mol. The fourth-order valence-corrected chi connectivity index (χ4v) is 3.79. The average Bonchev–Trinajstić information content (AvgIpc) is 3.09. The van der Waals surface area contributed by atoms with Crippen LogP contribution in [0.2, 0.25) is 5.02 Å². The molecule has 4 rings (SSSR count). The minimum Gasteiger partial charge on any atom is -0.490 e. The molecule has 2 heterocycles. The highest BCUT2D eigenvalue weighted by molar-refractivity contribution is 6.30. The summed E-state index contributed by atoms with van der Waals surface area (Å²) in [5.74, 6) is -0.725. The van der Waals surface area contributed by atoms with Crippen molar-refractivity contribution in [3.8, 4) is 5.75 Å². The molecule has 9 heteroatoms. The predicted molar refractivity (Wildman–Crippen MR) is 125 cm³/mol. The molecule has 0 spiro atoms. The number of halogens is 1. The Bertz CT molecular complexity index is 1410. The van der Waals surface area contributed by atoms with E-state index < -0.39 is 4.92 Å². The Kier molecular flexibility index (Phi) is 5.85. The first-order valence-corrected chi connectivity index (χ1v) is 10.2. The number of amides is 1. The topological polar surface area (TPSA) is 103 Å². The lowest BCUT2D eigenvalue weighted by Crippen LogP contribution is -2.12. The number of benzene rings is 2. The molecule has 0 bridgehead atoms. The van der Waals surface area contributed by atoms with Gasteiger partial charge in [0.05, 0.1) is 28.9 Å². The third-order valence-electron chi connectivity index (χ3n) is 5.29. The Morgan fingerprint density at radius 1 is 1.06 bits per heavy atom. The van der Waals surface area contributed by atoms with Crippen LogP contribution < -0.4 is 10.1 Å². The standard InChI is InChI=1S/C24H18ClN3O5/c1-14-21(26-24(30)15-6-9-17(25)10-7-15)19-5-3-4-12-27(19)22(14)23(29)16-8-11-18(28(31)32)20(13-16)33-2/h3-13H,1-2H3,(H,26,30). The van der Waals surface area contributed by atoms with Gasteiger partial charge in [0.25, 0.3) is 5.91 Å². The van der Waals surface area contributed by atoms with Gasteiger partial charge in [0, 0.05) is 34.0 Å². The maximum Gasteiger partial charge on any atom is 0.310 e. The molecule has 33 heavy (non-hydrogen) atoms. The Balaban J connectivity index is 1.79. The number of carbonyl (C=O) groups excluding carboxylic acids is 2. The highest BCUT2D eigenvalue weighted by Crippen LogP contribution is 2.33. The smallest absolute Gasteiger partial charge is 0.310 e. The molecule has 0 aliphatic rings. The lowest BCUT2D eigenvalue weighted by molar-refractivity contribution is -0.385. The van der Waals surface area contributed by atoms with E-state index in [0.717, 1.165) is 0 Å². The van der Waals surface area contributed by atoms with Gasteiger partial charge in [0.2, 0.25) is 5.78 Å². The second-order valence-electron chi connectivity index (χ2n) is 7.24. The van der Waals surface area contributed by atoms with Crippen molar-refractivity contribution in [3.63, 3.8) is 0 Å². The average molecular weight is 464 g/mol. The molecule has 0 aliphatic heterocycles. The number of nitro groups is 1. The van der Waals surface area contributed by atoms with Crippen LogP contribution in [0.4, 0.5) is 11.4 Å². The van der Waals surface area contributed by atoms with E-state index in [2.05, 4.69) is 5.32 Å². The zero-order valence-electron chi connectivity index (χ0n) is 17.7. The van der Waals surface area contributed by atoms with Crippen LogP contribution >= 0.6 is 11.6 Å². The first-order valence-electron chi connectivity index (χ1n) is 9.85. The molecule has 0 unspecified atom stereocenters. The fraction of sp³-hybridized carbons (Fsp3) is 0.0833. The van der Waals surface area contributed by atoms with Gasteiger partial charge in [-0.3, -0.25) is 19.7 Å². The van der Waals surface area contributed by atoms with E-state index in [-0.39, 0.29) is 28.7 Å². The summed E-state index contributed by atoms with van der Waals surface area (Å²) in [5.41, 5.74) is 2.42. The number of fused-ring (bicyclic) bond motifs is 1. The molecule has 8 nitrogen and oxygen atoms in total. The zero-order valence-corrected chi connectivity index (χ0v) is 18.4. The van der Waals surface area contributed by atoms with Crippen LogP contribution in [0.5, 0.6) is 5.75 Å². The number of methoxy groups -OCH3 is 1. The van der Waals surface area contributed by atoms with Crippen molar-refractivity contribution in [2.75, 3.05) is 12.4 Å². The maximum atomic E-state index is 13.5. The first-order chi connectivity index (χ1) is 15.8. The second kappa shape index (κ2) is 8.76. The molecular weight excluding hydrogens is 446 g/mol. The zero-order chi connectivity index (χ0) is 23.7. The quantitative estimate of drug-likeness (QED) is 0.237. The summed E-state index contributed by atoms with van der Waals surface area (Å²) in [4.78, 5) is 36.9. The van der Waals surface area contributed by atoms with Gasteiger partial charge < -0.3 is 14.5 Å². The fourth-order valence-electron chi connectivity index (χ4n) is 3.66. The lowest BCUT2D eigenvalue weighted by atomic mass is 10.0. The van der Waals surface area contributed by atoms with Crippen molar-refractivity contribution in [2.45, 2.75) is 6.92 Å². The highest BCUT2D eigenvalue weighted by Gasteiger charge is 2.25. The van der Waals surface area contributed by atoms with E-state index in [9.17, 15) is 19.7 Å². The number of ketones is 1. The van der Waals surface area contributed by atoms with E-state index >= 15 is 0 Å². The Morgan fingerprint density at radius 3 is 2.42 bits per heavy atom. The number of anilines is 1. The van der Waals surface area contributed by atoms with Gasteiger partial charge in [0.15, 0.2) is 5.75 Å². The third kappa shape index (κ3) is 4.04. The number of ether oxygens (including phenoxy) is 1. The second-order valence-corrected chi connectivity index (χ2v) is 7.67. The van der Waals surface area contributed by atoms with Crippen molar-refractivity contribution in [1.29, 1.82) is 0 Å². The summed E-state index contributed by atoms with van der Waals surface area (Å²) in [6.07, 6.45) is 1.72. The van der Waals surface area contributed by atoms with Gasteiger partial charge in [-0.1, -0.05) is 17.7 Å². The molecule has 2 aromatic carbocycles. The normalized spacial score (nSPS) is 10.8. The van der Waals surface area contributed by atoms with Gasteiger partial charge in [-0.15, -0.1) is 0 Å². The van der Waals surface area contributed by atoms with Crippen molar-refractivity contribution in [1.82, 2.24) is 4.40 Å². The summed E-state index contributed by atoms with van der Waals surface area (Å²) >= 11 is 5.91. The number of carbonyl (C=O) groups is 2. The number of hydrogen-bond acceptors (Lipinski definition) is 5. The molecule has 0 radical (unpaired) electrons. The van der Waals surface area contributed by atoms with Crippen LogP contribution in [0.25, 0.3) is 5.52 Å². The van der Waals surface area contributed by atoms with E-state index in [1.54, 1.807) is 60.0 Å². The van der Waals surface area contributed by atoms with Gasteiger partial charge in [-0.2, -0.15) is 0 Å². The number of pyridine rings is 1. The van der Waals surface area contributed by atoms with Crippen LogP contribution in [-0.4, -0.2) is 28.1 Å². The molecule has 1 amide bonds. The minimum atomic E-state index is -0.574. The molecule has 0 atom stereocenters. The van der Waals surface area contributed by atoms with E-state index in [1.165, 1.54) is 25.3 Å². The summed E-state index contributed by atoms with van der Waals surface area (Å²) in [7, 11) is 1.30. The summed E-state index contributed by atoms with van der Waals surface area (Å²) in [5, 5.41) is 14.6. The molecule has 0 saturated heterocycles. The highest BCUT2D eigenvalue weighted by atomic mass is 35.5. The summed E-state index contributed by atoms with van der Waals surface area (Å²) in [6, 6.07) is 15.8. The molecule has 0 saturated carbocycles. The van der Waals surface area contributed by atoms with Crippen LogP contribution in [0, 0.1) is 17.0 Å². The predicted octanol–water partition coefficient (Wildman–Crippen LogP) is 5.30. The van der Waals surface area contributed by atoms with Crippen molar-refractivity contribution < 1.29 is 19.2 Å². The molecule has 0 fully saturated rings. The van der Waals surface area contributed by atoms with Crippen molar-refractivity contribution >= 4 is 40.2 Å². The third-order valence-corrected chi connectivity index (χ3v) is 5.54. The summed E-state index contributed by atoms with van der Waals surface area (Å²) < 4.78 is 6.78. The number of nitrogens with zero attached hydrogens (tertiary/aromatic N) is 2. The molecule has 1 N–H and O–H groups in total. The van der Waals surface area contributed by atoms with E-state index in [1.807, 2.05) is 0 Å². The number of nitro benzene ring substituents is 1. The van der Waals surface area contributed by atoms with E-state index in [4.69, 9.17) is 16.3 Å².